The van der Waals surface area contributed by atoms with Gasteiger partial charge >= 0.3 is 12.1 Å². The molecule has 0 atom stereocenters. The van der Waals surface area contributed by atoms with Gasteiger partial charge in [0, 0.05) is 0 Å². The average Bonchev–Trinajstić information content (AvgIpc) is 2.59. The van der Waals surface area contributed by atoms with E-state index in [2.05, 4.69) is 9.47 Å². The third-order valence-corrected chi connectivity index (χ3v) is 2.94. The number of rotatable bonds is 3. The van der Waals surface area contributed by atoms with Crippen LogP contribution in [0, 0.1) is 0 Å². The van der Waals surface area contributed by atoms with Gasteiger partial charge in [-0.25, -0.2) is 9.59 Å². The fourth-order valence-electron chi connectivity index (χ4n) is 1.10. The second-order valence-corrected chi connectivity index (χ2v) is 3.81. The fraction of sp³-hybridized carbons (Fsp3) is 0.400. The maximum atomic E-state index is 11.5. The van der Waals surface area contributed by atoms with Gasteiger partial charge in [0.2, 0.25) is 0 Å². The number of anilines is 1. The first-order valence-electron chi connectivity index (χ1n) is 4.84. The first-order chi connectivity index (χ1) is 7.60. The van der Waals surface area contributed by atoms with E-state index in [0.717, 1.165) is 23.3 Å². The molecule has 1 rings (SSSR count). The highest BCUT2D eigenvalue weighted by Crippen LogP contribution is 2.26. The Morgan fingerprint density at radius 3 is 2.53 bits per heavy atom. The summed E-state index contributed by atoms with van der Waals surface area (Å²) in [4.78, 5) is 22.6. The van der Waals surface area contributed by atoms with Gasteiger partial charge in [-0.1, -0.05) is 6.92 Å². The number of aryl methyl sites for hydroxylation is 1. The third kappa shape index (κ3) is 3.90. The number of carbonyl (C=O) groups excluding carboxylic acids is 2. The molecule has 0 spiro atoms. The van der Waals surface area contributed by atoms with E-state index in [4.69, 9.17) is 5.73 Å². The Kier molecular flexibility index (Phi) is 6.60. The van der Waals surface area contributed by atoms with Crippen LogP contribution in [0.2, 0.25) is 0 Å². The Labute approximate surface area is 109 Å². The Bertz CT molecular complexity index is 405. The zero-order valence-corrected chi connectivity index (χ0v) is 11.2. The summed E-state index contributed by atoms with van der Waals surface area (Å²) >= 11 is 1.16. The van der Waals surface area contributed by atoms with Crippen LogP contribution in [0.5, 0.6) is 0 Å². The molecular weight excluding hydrogens is 266 g/mol. The second kappa shape index (κ2) is 7.13. The Hall–Kier alpha value is -1.27. The minimum atomic E-state index is -1.00. The molecule has 17 heavy (non-hydrogen) atoms. The fourth-order valence-corrected chi connectivity index (χ4v) is 2.05. The van der Waals surface area contributed by atoms with Crippen LogP contribution in [0.4, 0.5) is 10.5 Å². The maximum Gasteiger partial charge on any atom is 0.516 e. The molecule has 0 fully saturated rings. The van der Waals surface area contributed by atoms with Crippen molar-refractivity contribution >= 4 is 41.6 Å². The maximum absolute atomic E-state index is 11.5. The lowest BCUT2D eigenvalue weighted by Crippen LogP contribution is -2.14. The summed E-state index contributed by atoms with van der Waals surface area (Å²) in [6.45, 7) is 3.71. The van der Waals surface area contributed by atoms with Crippen molar-refractivity contribution in [3.05, 3.63) is 15.8 Å². The molecule has 2 N–H and O–H groups in total. The second-order valence-electron chi connectivity index (χ2n) is 2.93. The molecule has 0 radical (unpaired) electrons. The normalized spacial score (nSPS) is 9.29. The highest BCUT2D eigenvalue weighted by molar-refractivity contribution is 7.12. The largest absolute Gasteiger partial charge is 0.516 e. The van der Waals surface area contributed by atoms with Gasteiger partial charge in [-0.05, 0) is 24.3 Å². The van der Waals surface area contributed by atoms with Crippen molar-refractivity contribution in [2.24, 2.45) is 0 Å². The van der Waals surface area contributed by atoms with Gasteiger partial charge in [-0.3, -0.25) is 0 Å². The quantitative estimate of drug-likeness (QED) is 0.680. The van der Waals surface area contributed by atoms with Crippen LogP contribution in [0.15, 0.2) is 5.38 Å². The van der Waals surface area contributed by atoms with E-state index in [0.29, 0.717) is 5.69 Å². The summed E-state index contributed by atoms with van der Waals surface area (Å²) < 4.78 is 8.93. The molecule has 0 aliphatic heterocycles. The standard InChI is InChI=1S/C10H13NO4S.ClH/c1-3-6-5-16-8(7(6)11)9(12)15-10(13)14-4-2;/h5H,3-4,11H2,1-2H3;1H. The molecule has 1 aromatic heterocycles. The van der Waals surface area contributed by atoms with Gasteiger partial charge in [-0.2, -0.15) is 0 Å². The van der Waals surface area contributed by atoms with Gasteiger partial charge in [0.1, 0.15) is 4.88 Å². The Morgan fingerprint density at radius 2 is 2.06 bits per heavy atom. The van der Waals surface area contributed by atoms with Crippen molar-refractivity contribution < 1.29 is 19.1 Å². The van der Waals surface area contributed by atoms with E-state index >= 15 is 0 Å². The molecule has 1 aromatic rings. The summed E-state index contributed by atoms with van der Waals surface area (Å²) in [6.07, 6.45) is -0.270. The molecule has 0 aliphatic rings. The van der Waals surface area contributed by atoms with Gasteiger partial charge in [0.05, 0.1) is 12.3 Å². The molecule has 0 amide bonds. The molecule has 7 heteroatoms. The van der Waals surface area contributed by atoms with Crippen LogP contribution in [-0.2, 0) is 15.9 Å². The molecular formula is C10H14ClNO4S. The first kappa shape index (κ1) is 15.7. The number of nitrogens with two attached hydrogens (primary N) is 1. The number of ether oxygens (including phenoxy) is 2. The van der Waals surface area contributed by atoms with E-state index in [1.165, 1.54) is 0 Å². The monoisotopic (exact) mass is 279 g/mol. The molecule has 0 bridgehead atoms. The molecule has 1 heterocycles. The van der Waals surface area contributed by atoms with Gasteiger partial charge in [0.15, 0.2) is 0 Å². The smallest absolute Gasteiger partial charge is 0.434 e. The number of halogens is 1. The number of hydrogen-bond acceptors (Lipinski definition) is 6. The Morgan fingerprint density at radius 1 is 1.41 bits per heavy atom. The summed E-state index contributed by atoms with van der Waals surface area (Å²) in [7, 11) is 0. The van der Waals surface area contributed by atoms with Crippen molar-refractivity contribution in [3.63, 3.8) is 0 Å². The lowest BCUT2D eigenvalue weighted by atomic mass is 10.2. The molecule has 0 aliphatic carbocycles. The lowest BCUT2D eigenvalue weighted by molar-refractivity contribution is 0.0407. The average molecular weight is 280 g/mol. The summed E-state index contributed by atoms with van der Waals surface area (Å²) in [6, 6.07) is 0. The summed E-state index contributed by atoms with van der Waals surface area (Å²) in [5, 5.41) is 1.77. The number of esters is 1. The molecule has 0 unspecified atom stereocenters. The van der Waals surface area contributed by atoms with E-state index in [1.807, 2.05) is 6.92 Å². The number of nitrogen functional groups attached to an aromatic ring is 1. The van der Waals surface area contributed by atoms with Crippen LogP contribution in [0.25, 0.3) is 0 Å². The zero-order chi connectivity index (χ0) is 12.1. The van der Waals surface area contributed by atoms with E-state index < -0.39 is 12.1 Å². The van der Waals surface area contributed by atoms with Crippen molar-refractivity contribution in [2.75, 3.05) is 12.3 Å². The van der Waals surface area contributed by atoms with Crippen molar-refractivity contribution in [3.8, 4) is 0 Å². The lowest BCUT2D eigenvalue weighted by Gasteiger charge is -2.02. The minimum Gasteiger partial charge on any atom is -0.434 e. The highest BCUT2D eigenvalue weighted by Gasteiger charge is 2.19. The van der Waals surface area contributed by atoms with Gasteiger partial charge < -0.3 is 15.2 Å². The van der Waals surface area contributed by atoms with E-state index in [-0.39, 0.29) is 23.9 Å². The summed E-state index contributed by atoms with van der Waals surface area (Å²) in [5.41, 5.74) is 6.97. The predicted octanol–water partition coefficient (Wildman–Crippen LogP) is 2.63. The van der Waals surface area contributed by atoms with Crippen LogP contribution in [0.1, 0.15) is 29.1 Å². The molecule has 0 saturated heterocycles. The minimum absolute atomic E-state index is 0. The first-order valence-corrected chi connectivity index (χ1v) is 5.72. The SMILES string of the molecule is CCOC(=O)OC(=O)c1scc(CC)c1N.Cl. The van der Waals surface area contributed by atoms with Crippen LogP contribution in [-0.4, -0.2) is 18.7 Å². The van der Waals surface area contributed by atoms with Crippen molar-refractivity contribution in [2.45, 2.75) is 20.3 Å². The predicted molar refractivity (Wildman–Crippen MR) is 67.8 cm³/mol. The van der Waals surface area contributed by atoms with Crippen molar-refractivity contribution in [1.82, 2.24) is 0 Å². The summed E-state index contributed by atoms with van der Waals surface area (Å²) in [5.74, 6) is -0.763. The zero-order valence-electron chi connectivity index (χ0n) is 9.52. The van der Waals surface area contributed by atoms with Crippen LogP contribution < -0.4 is 5.73 Å². The van der Waals surface area contributed by atoms with Gasteiger partial charge in [-0.15, -0.1) is 23.7 Å². The number of hydrogen-bond donors (Lipinski definition) is 1. The molecule has 96 valence electrons. The van der Waals surface area contributed by atoms with Gasteiger partial charge in [0.25, 0.3) is 0 Å². The Balaban J connectivity index is 0.00000256. The van der Waals surface area contributed by atoms with E-state index in [1.54, 1.807) is 12.3 Å². The number of thiophene rings is 1. The van der Waals surface area contributed by atoms with Crippen molar-refractivity contribution in [1.29, 1.82) is 0 Å². The molecule has 0 aromatic carbocycles. The third-order valence-electron chi connectivity index (χ3n) is 1.91. The number of carbonyl (C=O) groups is 2. The topological polar surface area (TPSA) is 78.6 Å². The molecule has 5 nitrogen and oxygen atoms in total. The molecule has 0 saturated carbocycles. The van der Waals surface area contributed by atoms with E-state index in [9.17, 15) is 9.59 Å². The van der Waals surface area contributed by atoms with Crippen LogP contribution in [0.3, 0.4) is 0 Å². The highest BCUT2D eigenvalue weighted by atomic mass is 35.5. The van der Waals surface area contributed by atoms with Crippen LogP contribution >= 0.6 is 23.7 Å².